The van der Waals surface area contributed by atoms with Crippen molar-refractivity contribution in [3.8, 4) is 0 Å². The molecule has 0 radical (unpaired) electrons. The number of hydrogen-bond acceptors (Lipinski definition) is 2. The minimum atomic E-state index is -0.308. The first kappa shape index (κ1) is 13.7. The Kier molecular flexibility index (Phi) is 3.85. The average molecular weight is 253 g/mol. The summed E-state index contributed by atoms with van der Waals surface area (Å²) < 4.78 is 0. The summed E-state index contributed by atoms with van der Waals surface area (Å²) in [7, 11) is 1.95. The van der Waals surface area contributed by atoms with Gasteiger partial charge in [-0.1, -0.05) is 19.3 Å². The minimum absolute atomic E-state index is 0.157. The van der Waals surface area contributed by atoms with E-state index in [1.54, 1.807) is 0 Å². The standard InChI is InChI=1S/C14H27N3O/c1-14(2,15)10-17-9-12(16(3)13(17)18)11-7-5-4-6-8-11/h11-12H,4-10,15H2,1-3H3. The molecule has 1 unspecified atom stereocenters. The Hall–Kier alpha value is -0.770. The molecule has 18 heavy (non-hydrogen) atoms. The van der Waals surface area contributed by atoms with E-state index in [0.29, 0.717) is 18.5 Å². The predicted octanol–water partition coefficient (Wildman–Crippen LogP) is 2.04. The van der Waals surface area contributed by atoms with E-state index in [1.165, 1.54) is 32.1 Å². The van der Waals surface area contributed by atoms with Crippen LogP contribution in [0.2, 0.25) is 0 Å². The van der Waals surface area contributed by atoms with E-state index in [1.807, 2.05) is 30.7 Å². The second kappa shape index (κ2) is 5.08. The van der Waals surface area contributed by atoms with Gasteiger partial charge in [-0.2, -0.15) is 0 Å². The van der Waals surface area contributed by atoms with Crippen LogP contribution in [0.5, 0.6) is 0 Å². The highest BCUT2D eigenvalue weighted by molar-refractivity contribution is 5.77. The van der Waals surface area contributed by atoms with Gasteiger partial charge in [0.15, 0.2) is 0 Å². The third-order valence-electron chi connectivity index (χ3n) is 4.27. The minimum Gasteiger partial charge on any atom is -0.324 e. The first-order valence-corrected chi connectivity index (χ1v) is 7.19. The number of carbonyl (C=O) groups is 1. The lowest BCUT2D eigenvalue weighted by Gasteiger charge is -2.30. The highest BCUT2D eigenvalue weighted by atomic mass is 16.2. The zero-order valence-electron chi connectivity index (χ0n) is 12.0. The van der Waals surface area contributed by atoms with E-state index in [2.05, 4.69) is 0 Å². The molecule has 2 fully saturated rings. The number of urea groups is 1. The summed E-state index contributed by atoms with van der Waals surface area (Å²) in [5.41, 5.74) is 5.73. The van der Waals surface area contributed by atoms with Gasteiger partial charge in [0, 0.05) is 25.7 Å². The first-order chi connectivity index (χ1) is 8.38. The molecule has 0 aromatic carbocycles. The number of carbonyl (C=O) groups excluding carboxylic acids is 1. The van der Waals surface area contributed by atoms with Crippen molar-refractivity contribution in [1.82, 2.24) is 9.80 Å². The summed E-state index contributed by atoms with van der Waals surface area (Å²) in [5, 5.41) is 0. The number of amides is 2. The highest BCUT2D eigenvalue weighted by Crippen LogP contribution is 2.32. The highest BCUT2D eigenvalue weighted by Gasteiger charge is 2.40. The lowest BCUT2D eigenvalue weighted by molar-refractivity contribution is 0.178. The topological polar surface area (TPSA) is 49.6 Å². The molecule has 0 bridgehead atoms. The third kappa shape index (κ3) is 2.97. The van der Waals surface area contributed by atoms with Crippen LogP contribution in [-0.4, -0.2) is 47.5 Å². The van der Waals surface area contributed by atoms with Crippen molar-refractivity contribution < 1.29 is 4.79 Å². The molecular weight excluding hydrogens is 226 g/mol. The van der Waals surface area contributed by atoms with Crippen molar-refractivity contribution in [3.63, 3.8) is 0 Å². The first-order valence-electron chi connectivity index (χ1n) is 7.19. The van der Waals surface area contributed by atoms with E-state index in [9.17, 15) is 4.79 Å². The van der Waals surface area contributed by atoms with Gasteiger partial charge >= 0.3 is 6.03 Å². The molecule has 2 amide bonds. The monoisotopic (exact) mass is 253 g/mol. The number of rotatable bonds is 3. The molecule has 0 spiro atoms. The molecule has 4 heteroatoms. The Labute approximate surface area is 110 Å². The van der Waals surface area contributed by atoms with Crippen LogP contribution in [0.25, 0.3) is 0 Å². The lowest BCUT2D eigenvalue weighted by atomic mass is 9.83. The van der Waals surface area contributed by atoms with Gasteiger partial charge in [0.2, 0.25) is 0 Å². The third-order valence-corrected chi connectivity index (χ3v) is 4.27. The second-order valence-electron chi connectivity index (χ2n) is 6.73. The van der Waals surface area contributed by atoms with Crippen molar-refractivity contribution in [3.05, 3.63) is 0 Å². The summed E-state index contributed by atoms with van der Waals surface area (Å²) in [6.07, 6.45) is 6.57. The molecule has 1 saturated carbocycles. The predicted molar refractivity (Wildman–Crippen MR) is 73.4 cm³/mol. The molecule has 1 aliphatic carbocycles. The van der Waals surface area contributed by atoms with Crippen molar-refractivity contribution in [2.45, 2.75) is 57.5 Å². The van der Waals surface area contributed by atoms with Crippen molar-refractivity contribution in [2.75, 3.05) is 20.1 Å². The summed E-state index contributed by atoms with van der Waals surface area (Å²) in [6, 6.07) is 0.559. The number of likely N-dealkylation sites (N-methyl/N-ethyl adjacent to an activating group) is 1. The zero-order chi connectivity index (χ0) is 13.3. The van der Waals surface area contributed by atoms with Crippen LogP contribution in [0.3, 0.4) is 0 Å². The Morgan fingerprint density at radius 1 is 1.28 bits per heavy atom. The normalized spacial score (nSPS) is 27.1. The van der Waals surface area contributed by atoms with E-state index in [-0.39, 0.29) is 11.6 Å². The molecule has 104 valence electrons. The molecule has 1 saturated heterocycles. The van der Waals surface area contributed by atoms with Crippen LogP contribution in [0, 0.1) is 5.92 Å². The van der Waals surface area contributed by atoms with Gasteiger partial charge in [0.25, 0.3) is 0 Å². The fourth-order valence-corrected chi connectivity index (χ4v) is 3.40. The molecule has 2 N–H and O–H groups in total. The van der Waals surface area contributed by atoms with Gasteiger partial charge in [-0.15, -0.1) is 0 Å². The molecule has 0 aromatic rings. The maximum Gasteiger partial charge on any atom is 0.320 e. The molecule has 1 aliphatic heterocycles. The van der Waals surface area contributed by atoms with Crippen LogP contribution < -0.4 is 5.73 Å². The van der Waals surface area contributed by atoms with Crippen molar-refractivity contribution in [1.29, 1.82) is 0 Å². The van der Waals surface area contributed by atoms with Crippen LogP contribution >= 0.6 is 0 Å². The van der Waals surface area contributed by atoms with Gasteiger partial charge in [-0.3, -0.25) is 0 Å². The Bertz CT molecular complexity index is 305. The molecule has 2 rings (SSSR count). The molecule has 4 nitrogen and oxygen atoms in total. The van der Waals surface area contributed by atoms with Gasteiger partial charge in [-0.05, 0) is 32.6 Å². The van der Waals surface area contributed by atoms with E-state index >= 15 is 0 Å². The Balaban J connectivity index is 2.00. The summed E-state index contributed by atoms with van der Waals surface area (Å²) >= 11 is 0. The van der Waals surface area contributed by atoms with E-state index in [4.69, 9.17) is 5.73 Å². The molecule has 1 atom stereocenters. The largest absolute Gasteiger partial charge is 0.324 e. The molecule has 2 aliphatic rings. The second-order valence-corrected chi connectivity index (χ2v) is 6.73. The number of nitrogens with zero attached hydrogens (tertiary/aromatic N) is 2. The molecular formula is C14H27N3O. The number of hydrogen-bond donors (Lipinski definition) is 1. The zero-order valence-corrected chi connectivity index (χ0v) is 12.0. The summed E-state index contributed by atoms with van der Waals surface area (Å²) in [6.45, 7) is 5.47. The van der Waals surface area contributed by atoms with Crippen LogP contribution in [0.15, 0.2) is 0 Å². The summed E-state index contributed by atoms with van der Waals surface area (Å²) in [5.74, 6) is 0.693. The smallest absolute Gasteiger partial charge is 0.320 e. The average Bonchev–Trinajstić information content (AvgIpc) is 2.57. The fraction of sp³-hybridized carbons (Fsp3) is 0.929. The van der Waals surface area contributed by atoms with E-state index in [0.717, 1.165) is 6.54 Å². The number of nitrogens with two attached hydrogens (primary N) is 1. The van der Waals surface area contributed by atoms with Gasteiger partial charge < -0.3 is 15.5 Å². The molecule has 1 heterocycles. The van der Waals surface area contributed by atoms with Crippen molar-refractivity contribution in [2.24, 2.45) is 11.7 Å². The maximum atomic E-state index is 12.2. The Morgan fingerprint density at radius 3 is 2.44 bits per heavy atom. The van der Waals surface area contributed by atoms with Crippen molar-refractivity contribution >= 4 is 6.03 Å². The van der Waals surface area contributed by atoms with Gasteiger partial charge in [0.05, 0.1) is 6.04 Å². The van der Waals surface area contributed by atoms with Crippen LogP contribution in [0.1, 0.15) is 46.0 Å². The maximum absolute atomic E-state index is 12.2. The summed E-state index contributed by atoms with van der Waals surface area (Å²) in [4.78, 5) is 16.1. The van der Waals surface area contributed by atoms with Crippen LogP contribution in [0.4, 0.5) is 4.79 Å². The molecule has 0 aromatic heterocycles. The van der Waals surface area contributed by atoms with Crippen LogP contribution in [-0.2, 0) is 0 Å². The SMILES string of the molecule is CN1C(=O)N(CC(C)(C)N)CC1C1CCCCC1. The fourth-order valence-electron chi connectivity index (χ4n) is 3.40. The quantitative estimate of drug-likeness (QED) is 0.836. The Morgan fingerprint density at radius 2 is 1.89 bits per heavy atom. The lowest BCUT2D eigenvalue weighted by Crippen LogP contribution is -2.46. The van der Waals surface area contributed by atoms with E-state index < -0.39 is 0 Å². The van der Waals surface area contributed by atoms with Gasteiger partial charge in [0.1, 0.15) is 0 Å². The van der Waals surface area contributed by atoms with Gasteiger partial charge in [-0.25, -0.2) is 4.79 Å².